The van der Waals surface area contributed by atoms with Crippen molar-refractivity contribution < 1.29 is 18.3 Å². The Morgan fingerprint density at radius 1 is 1.08 bits per heavy atom. The van der Waals surface area contributed by atoms with Crippen molar-refractivity contribution in [3.8, 4) is 5.19 Å². The van der Waals surface area contributed by atoms with Crippen LogP contribution in [0, 0.1) is 6.92 Å². The summed E-state index contributed by atoms with van der Waals surface area (Å²) in [4.78, 5) is 15.8. The Hall–Kier alpha value is -2.34. The maximum absolute atomic E-state index is 12.8. The molecule has 0 saturated carbocycles. The van der Waals surface area contributed by atoms with Gasteiger partial charge in [0, 0.05) is 51.4 Å². The predicted molar refractivity (Wildman–Crippen MR) is 155 cm³/mol. The summed E-state index contributed by atoms with van der Waals surface area (Å²) in [6.45, 7) is 8.21. The van der Waals surface area contributed by atoms with E-state index in [1.807, 2.05) is 19.3 Å². The van der Waals surface area contributed by atoms with Gasteiger partial charge in [0.15, 0.2) is 0 Å². The van der Waals surface area contributed by atoms with Crippen LogP contribution in [0.2, 0.25) is 0 Å². The van der Waals surface area contributed by atoms with Gasteiger partial charge in [-0.25, -0.2) is 27.7 Å². The Kier molecular flexibility index (Phi) is 8.42. The molecule has 1 N–H and O–H groups in total. The number of aromatic nitrogens is 3. The maximum atomic E-state index is 12.8. The Bertz CT molecular complexity index is 1350. The molecule has 11 heteroatoms. The highest BCUT2D eigenvalue weighted by atomic mass is 32.2. The zero-order chi connectivity index (χ0) is 27.6. The summed E-state index contributed by atoms with van der Waals surface area (Å²) in [5.74, 6) is 1.20. The third-order valence-corrected chi connectivity index (χ3v) is 10.5. The monoisotopic (exact) mass is 573 g/mol. The molecular formula is C28H39N5O4S2. The van der Waals surface area contributed by atoms with E-state index in [1.165, 1.54) is 5.56 Å². The van der Waals surface area contributed by atoms with E-state index in [0.29, 0.717) is 37.0 Å². The number of anilines is 1. The van der Waals surface area contributed by atoms with Crippen molar-refractivity contribution in [3.05, 3.63) is 41.7 Å². The van der Waals surface area contributed by atoms with Gasteiger partial charge in [-0.3, -0.25) is 0 Å². The van der Waals surface area contributed by atoms with E-state index in [4.69, 9.17) is 9.72 Å². The van der Waals surface area contributed by atoms with Crippen molar-refractivity contribution in [2.75, 3.05) is 36.8 Å². The van der Waals surface area contributed by atoms with Crippen molar-refractivity contribution in [3.63, 3.8) is 0 Å². The first kappa shape index (κ1) is 28.2. The molecule has 2 aliphatic rings. The van der Waals surface area contributed by atoms with Crippen molar-refractivity contribution in [1.82, 2.24) is 19.3 Å². The van der Waals surface area contributed by atoms with Crippen LogP contribution in [0.4, 0.5) is 5.95 Å². The predicted octanol–water partition coefficient (Wildman–Crippen LogP) is 4.50. The Balaban J connectivity index is 1.13. The fourth-order valence-electron chi connectivity index (χ4n) is 5.37. The summed E-state index contributed by atoms with van der Waals surface area (Å²) in [5.41, 5.74) is 2.40. The molecule has 2 fully saturated rings. The Morgan fingerprint density at radius 2 is 1.77 bits per heavy atom. The number of nitrogens with zero attached hydrogens (tertiary/aromatic N) is 5. The molecule has 0 amide bonds. The lowest BCUT2D eigenvalue weighted by atomic mass is 9.90. The number of hydrogen-bond donors (Lipinski definition) is 1. The molecule has 0 unspecified atom stereocenters. The third-order valence-electron chi connectivity index (χ3n) is 7.66. The lowest BCUT2D eigenvalue weighted by molar-refractivity contribution is 0.0704. The van der Waals surface area contributed by atoms with Gasteiger partial charge in [-0.1, -0.05) is 17.4 Å². The van der Waals surface area contributed by atoms with E-state index in [2.05, 4.69) is 33.1 Å². The summed E-state index contributed by atoms with van der Waals surface area (Å²) >= 11 is 1.59. The smallest absolute Gasteiger partial charge is 0.274 e. The van der Waals surface area contributed by atoms with Gasteiger partial charge in [-0.05, 0) is 75.6 Å². The van der Waals surface area contributed by atoms with E-state index >= 15 is 0 Å². The number of fused-ring (bicyclic) bond motifs is 1. The standard InChI is InChI=1S/C28H39N5O4S2/c1-20-18-29-26(30-19-20)32-12-9-23(10-13-32)37-27-31-24-6-5-22(17-25(24)38-27)21-7-14-33(15-8-21)39(35,36)16-4-11-28(2,3)34/h5-6,17-19,21,23,34H,4,7-16H2,1-3H3. The van der Waals surface area contributed by atoms with Crippen molar-refractivity contribution in [2.45, 2.75) is 76.9 Å². The number of thiazole rings is 1. The first-order chi connectivity index (χ1) is 18.6. The fourth-order valence-corrected chi connectivity index (χ4v) is 7.84. The zero-order valence-corrected chi connectivity index (χ0v) is 24.7. The lowest BCUT2D eigenvalue weighted by Crippen LogP contribution is -2.39. The number of piperidine rings is 2. The van der Waals surface area contributed by atoms with Gasteiger partial charge in [-0.2, -0.15) is 0 Å². The highest BCUT2D eigenvalue weighted by Gasteiger charge is 2.29. The Morgan fingerprint density at radius 3 is 2.44 bits per heavy atom. The maximum Gasteiger partial charge on any atom is 0.274 e. The second-order valence-electron chi connectivity index (χ2n) is 11.5. The normalized spacial score (nSPS) is 18.6. The molecule has 2 saturated heterocycles. The average molecular weight is 574 g/mol. The molecule has 0 aliphatic carbocycles. The van der Waals surface area contributed by atoms with Crippen molar-refractivity contribution in [2.24, 2.45) is 0 Å². The highest BCUT2D eigenvalue weighted by Crippen LogP contribution is 2.35. The Labute approximate surface area is 235 Å². The molecule has 1 aromatic carbocycles. The minimum atomic E-state index is -3.29. The molecule has 4 heterocycles. The summed E-state index contributed by atoms with van der Waals surface area (Å²) in [5, 5.41) is 10.6. The highest BCUT2D eigenvalue weighted by molar-refractivity contribution is 7.89. The zero-order valence-electron chi connectivity index (χ0n) is 23.0. The van der Waals surface area contributed by atoms with Gasteiger partial charge in [-0.15, -0.1) is 0 Å². The summed E-state index contributed by atoms with van der Waals surface area (Å²) < 4.78 is 34.6. The van der Waals surface area contributed by atoms with Crippen LogP contribution < -0.4 is 9.64 Å². The fraction of sp³-hybridized carbons (Fsp3) is 0.607. The second kappa shape index (κ2) is 11.6. The first-order valence-corrected chi connectivity index (χ1v) is 16.3. The van der Waals surface area contributed by atoms with E-state index in [-0.39, 0.29) is 11.9 Å². The van der Waals surface area contributed by atoms with Crippen LogP contribution in [0.15, 0.2) is 30.6 Å². The van der Waals surface area contributed by atoms with Gasteiger partial charge >= 0.3 is 0 Å². The van der Waals surface area contributed by atoms with Crippen molar-refractivity contribution >= 4 is 37.5 Å². The number of aryl methyl sites for hydroxylation is 1. The van der Waals surface area contributed by atoms with Crippen LogP contribution in [-0.2, 0) is 10.0 Å². The quantitative estimate of drug-likeness (QED) is 0.399. The SMILES string of the molecule is Cc1cnc(N2CCC(Oc3nc4ccc(C5CCN(S(=O)(=O)CCCC(C)(C)O)CC5)cc4s3)CC2)nc1. The van der Waals surface area contributed by atoms with E-state index in [1.54, 1.807) is 29.5 Å². The van der Waals surface area contributed by atoms with E-state index in [0.717, 1.165) is 60.5 Å². The van der Waals surface area contributed by atoms with Crippen LogP contribution >= 0.6 is 11.3 Å². The van der Waals surface area contributed by atoms with Gasteiger partial charge in [0.05, 0.1) is 21.6 Å². The number of benzene rings is 1. The van der Waals surface area contributed by atoms with Gasteiger partial charge in [0.2, 0.25) is 16.0 Å². The van der Waals surface area contributed by atoms with E-state index in [9.17, 15) is 13.5 Å². The molecule has 0 atom stereocenters. The molecule has 39 heavy (non-hydrogen) atoms. The number of hydrogen-bond acceptors (Lipinski definition) is 9. The molecule has 0 spiro atoms. The van der Waals surface area contributed by atoms with Crippen molar-refractivity contribution in [1.29, 1.82) is 0 Å². The summed E-state index contributed by atoms with van der Waals surface area (Å²) in [7, 11) is -3.29. The van der Waals surface area contributed by atoms with Crippen LogP contribution in [-0.4, -0.2) is 76.4 Å². The second-order valence-corrected chi connectivity index (χ2v) is 14.6. The van der Waals surface area contributed by atoms with Gasteiger partial charge < -0.3 is 14.7 Å². The van der Waals surface area contributed by atoms with Crippen LogP contribution in [0.5, 0.6) is 5.19 Å². The third kappa shape index (κ3) is 7.25. The van der Waals surface area contributed by atoms with Crippen LogP contribution in [0.25, 0.3) is 10.2 Å². The molecule has 9 nitrogen and oxygen atoms in total. The molecule has 212 valence electrons. The van der Waals surface area contributed by atoms with E-state index < -0.39 is 15.6 Å². The molecular weight excluding hydrogens is 534 g/mol. The van der Waals surface area contributed by atoms with Gasteiger partial charge in [0.1, 0.15) is 6.10 Å². The molecule has 0 radical (unpaired) electrons. The van der Waals surface area contributed by atoms with Crippen LogP contribution in [0.1, 0.15) is 69.4 Å². The summed E-state index contributed by atoms with van der Waals surface area (Å²) in [6.07, 6.45) is 8.20. The molecule has 5 rings (SSSR count). The number of aliphatic hydroxyl groups is 1. The molecule has 3 aromatic rings. The molecule has 0 bridgehead atoms. The topological polar surface area (TPSA) is 109 Å². The minimum Gasteiger partial charge on any atom is -0.467 e. The minimum absolute atomic E-state index is 0.0933. The van der Waals surface area contributed by atoms with Gasteiger partial charge in [0.25, 0.3) is 5.19 Å². The van der Waals surface area contributed by atoms with Crippen LogP contribution in [0.3, 0.4) is 0 Å². The first-order valence-electron chi connectivity index (χ1n) is 13.9. The largest absolute Gasteiger partial charge is 0.467 e. The lowest BCUT2D eigenvalue weighted by Gasteiger charge is -2.31. The average Bonchev–Trinajstić information content (AvgIpc) is 3.30. The molecule has 2 aliphatic heterocycles. The molecule has 2 aromatic heterocycles. The number of sulfonamides is 1. The number of ether oxygens (including phenoxy) is 1. The summed E-state index contributed by atoms with van der Waals surface area (Å²) in [6, 6.07) is 6.39. The number of rotatable bonds is 9.